The number of nitro benzene ring substituents is 1. The summed E-state index contributed by atoms with van der Waals surface area (Å²) in [6, 6.07) is 13.8. The van der Waals surface area contributed by atoms with Gasteiger partial charge in [-0.25, -0.2) is 0 Å². The van der Waals surface area contributed by atoms with Crippen LogP contribution in [0.3, 0.4) is 0 Å². The molecule has 2 aromatic rings. The van der Waals surface area contributed by atoms with Crippen molar-refractivity contribution < 1.29 is 9.72 Å². The monoisotopic (exact) mass is 324 g/mol. The fraction of sp³-hybridized carbons (Fsp3) is 0.211. The second kappa shape index (κ2) is 8.06. The second-order valence-corrected chi connectivity index (χ2v) is 5.57. The average molecular weight is 324 g/mol. The number of para-hydroxylation sites is 1. The molecule has 0 radical (unpaired) electrons. The Kier molecular flexibility index (Phi) is 5.84. The minimum absolute atomic E-state index is 0.0269. The quantitative estimate of drug-likeness (QED) is 0.473. The molecule has 124 valence electrons. The zero-order valence-electron chi connectivity index (χ0n) is 13.7. The molecule has 0 saturated heterocycles. The number of nitrogens with one attached hydrogen (secondary N) is 1. The van der Waals surface area contributed by atoms with Crippen LogP contribution < -0.4 is 5.32 Å². The van der Waals surface area contributed by atoms with Crippen molar-refractivity contribution in [1.29, 1.82) is 0 Å². The number of amides is 1. The summed E-state index contributed by atoms with van der Waals surface area (Å²) in [5.41, 5.74) is 2.67. The number of nitrogens with zero attached hydrogens (tertiary/aromatic N) is 1. The van der Waals surface area contributed by atoms with Gasteiger partial charge in [-0.15, -0.1) is 0 Å². The van der Waals surface area contributed by atoms with Crippen LogP contribution in [0.25, 0.3) is 6.08 Å². The zero-order valence-corrected chi connectivity index (χ0v) is 13.7. The van der Waals surface area contributed by atoms with Crippen molar-refractivity contribution in [2.75, 3.05) is 5.32 Å². The van der Waals surface area contributed by atoms with Crippen LogP contribution in [-0.4, -0.2) is 10.8 Å². The van der Waals surface area contributed by atoms with Crippen molar-refractivity contribution in [1.82, 2.24) is 0 Å². The summed E-state index contributed by atoms with van der Waals surface area (Å²) in [7, 11) is 0. The Hall–Kier alpha value is -2.95. The zero-order chi connectivity index (χ0) is 17.5. The van der Waals surface area contributed by atoms with Gasteiger partial charge >= 0.3 is 0 Å². The lowest BCUT2D eigenvalue weighted by atomic mass is 9.97. The molecule has 0 aliphatic rings. The average Bonchev–Trinajstić information content (AvgIpc) is 2.60. The number of anilines is 1. The van der Waals surface area contributed by atoms with Crippen molar-refractivity contribution in [2.24, 2.45) is 0 Å². The fourth-order valence-corrected chi connectivity index (χ4v) is 2.31. The molecule has 5 nitrogen and oxygen atoms in total. The Labute approximate surface area is 141 Å². The first-order valence-corrected chi connectivity index (χ1v) is 7.83. The Morgan fingerprint density at radius 2 is 1.88 bits per heavy atom. The number of non-ortho nitro benzene ring substituents is 1. The van der Waals surface area contributed by atoms with E-state index in [0.29, 0.717) is 5.92 Å². The maximum atomic E-state index is 12.1. The molecule has 0 spiro atoms. The largest absolute Gasteiger partial charge is 0.322 e. The Morgan fingerprint density at radius 3 is 2.50 bits per heavy atom. The SMILES string of the molecule is CCC(C)c1ccccc1NC(=O)/C=C/c1ccc([N+](=O)[O-])cc1. The first kappa shape index (κ1) is 17.4. The number of rotatable bonds is 6. The molecule has 0 aliphatic carbocycles. The van der Waals surface area contributed by atoms with Gasteiger partial charge in [-0.05, 0) is 47.7 Å². The summed E-state index contributed by atoms with van der Waals surface area (Å²) in [5.74, 6) is 0.129. The molecule has 2 aromatic carbocycles. The number of carbonyl (C=O) groups is 1. The Bertz CT molecular complexity index is 751. The van der Waals surface area contributed by atoms with Gasteiger partial charge in [0.15, 0.2) is 0 Å². The number of benzene rings is 2. The summed E-state index contributed by atoms with van der Waals surface area (Å²) in [6.45, 7) is 4.23. The van der Waals surface area contributed by atoms with Gasteiger partial charge in [0.25, 0.3) is 5.69 Å². The van der Waals surface area contributed by atoms with Gasteiger partial charge in [0, 0.05) is 23.9 Å². The molecule has 5 heteroatoms. The molecule has 0 aliphatic heterocycles. The minimum atomic E-state index is -0.452. The highest BCUT2D eigenvalue weighted by atomic mass is 16.6. The van der Waals surface area contributed by atoms with Crippen molar-refractivity contribution in [3.63, 3.8) is 0 Å². The van der Waals surface area contributed by atoms with Crippen LogP contribution in [0, 0.1) is 10.1 Å². The molecule has 0 fully saturated rings. The standard InChI is InChI=1S/C19H20N2O3/c1-3-14(2)17-6-4-5-7-18(17)20-19(22)13-10-15-8-11-16(12-9-15)21(23)24/h4-14H,3H2,1-2H3,(H,20,22)/b13-10+. The number of hydrogen-bond donors (Lipinski definition) is 1. The van der Waals surface area contributed by atoms with Crippen LogP contribution in [-0.2, 0) is 4.79 Å². The van der Waals surface area contributed by atoms with Crippen LogP contribution in [0.15, 0.2) is 54.6 Å². The van der Waals surface area contributed by atoms with E-state index >= 15 is 0 Å². The van der Waals surface area contributed by atoms with Gasteiger partial charge < -0.3 is 5.32 Å². The molecular formula is C19H20N2O3. The van der Waals surface area contributed by atoms with E-state index in [2.05, 4.69) is 19.2 Å². The highest BCUT2D eigenvalue weighted by Crippen LogP contribution is 2.26. The van der Waals surface area contributed by atoms with E-state index in [-0.39, 0.29) is 11.6 Å². The summed E-state index contributed by atoms with van der Waals surface area (Å²) in [6.07, 6.45) is 4.05. The third-order valence-electron chi connectivity index (χ3n) is 3.89. The second-order valence-electron chi connectivity index (χ2n) is 5.57. The molecular weight excluding hydrogens is 304 g/mol. The third-order valence-corrected chi connectivity index (χ3v) is 3.89. The van der Waals surface area contributed by atoms with Gasteiger partial charge in [0.05, 0.1) is 4.92 Å². The summed E-state index contributed by atoms with van der Waals surface area (Å²) >= 11 is 0. The van der Waals surface area contributed by atoms with E-state index < -0.39 is 4.92 Å². The van der Waals surface area contributed by atoms with Gasteiger partial charge in [-0.3, -0.25) is 14.9 Å². The van der Waals surface area contributed by atoms with Crippen molar-refractivity contribution >= 4 is 23.4 Å². The Balaban J connectivity index is 2.07. The third kappa shape index (κ3) is 4.52. The predicted octanol–water partition coefficient (Wildman–Crippen LogP) is 4.76. The Morgan fingerprint density at radius 1 is 1.21 bits per heavy atom. The minimum Gasteiger partial charge on any atom is -0.322 e. The van der Waals surface area contributed by atoms with Gasteiger partial charge in [0.2, 0.25) is 5.91 Å². The van der Waals surface area contributed by atoms with Crippen LogP contribution >= 0.6 is 0 Å². The molecule has 24 heavy (non-hydrogen) atoms. The molecule has 0 aromatic heterocycles. The molecule has 0 bridgehead atoms. The molecule has 0 saturated carbocycles. The van der Waals surface area contributed by atoms with Crippen molar-refractivity contribution in [3.8, 4) is 0 Å². The maximum Gasteiger partial charge on any atom is 0.269 e. The van der Waals surface area contributed by atoms with E-state index in [1.165, 1.54) is 18.2 Å². The fourth-order valence-electron chi connectivity index (χ4n) is 2.31. The van der Waals surface area contributed by atoms with Gasteiger partial charge in [0.1, 0.15) is 0 Å². The highest BCUT2D eigenvalue weighted by Gasteiger charge is 2.09. The highest BCUT2D eigenvalue weighted by molar-refractivity contribution is 6.02. The summed E-state index contributed by atoms with van der Waals surface area (Å²) in [4.78, 5) is 22.3. The normalized spacial score (nSPS) is 12.1. The number of nitro groups is 1. The first-order chi connectivity index (χ1) is 11.5. The number of carbonyl (C=O) groups excluding carboxylic acids is 1. The first-order valence-electron chi connectivity index (χ1n) is 7.83. The molecule has 1 unspecified atom stereocenters. The van der Waals surface area contributed by atoms with Crippen LogP contribution in [0.5, 0.6) is 0 Å². The molecule has 2 rings (SSSR count). The molecule has 1 N–H and O–H groups in total. The predicted molar refractivity (Wildman–Crippen MR) is 95.9 cm³/mol. The molecule has 1 atom stereocenters. The van der Waals surface area contributed by atoms with Crippen LogP contribution in [0.2, 0.25) is 0 Å². The smallest absolute Gasteiger partial charge is 0.269 e. The van der Waals surface area contributed by atoms with Crippen molar-refractivity contribution in [2.45, 2.75) is 26.2 Å². The topological polar surface area (TPSA) is 72.2 Å². The van der Waals surface area contributed by atoms with E-state index in [0.717, 1.165) is 23.2 Å². The summed E-state index contributed by atoms with van der Waals surface area (Å²) in [5, 5.41) is 13.5. The van der Waals surface area contributed by atoms with E-state index in [1.807, 2.05) is 24.3 Å². The van der Waals surface area contributed by atoms with Crippen LogP contribution in [0.1, 0.15) is 37.3 Å². The lowest BCUT2D eigenvalue weighted by Crippen LogP contribution is -2.10. The molecule has 0 heterocycles. The van der Waals surface area contributed by atoms with E-state index in [4.69, 9.17) is 0 Å². The van der Waals surface area contributed by atoms with Crippen molar-refractivity contribution in [3.05, 3.63) is 75.8 Å². The lowest BCUT2D eigenvalue weighted by Gasteiger charge is -2.14. The van der Waals surface area contributed by atoms with E-state index in [1.54, 1.807) is 18.2 Å². The lowest BCUT2D eigenvalue weighted by molar-refractivity contribution is -0.384. The maximum absolute atomic E-state index is 12.1. The summed E-state index contributed by atoms with van der Waals surface area (Å²) < 4.78 is 0. The van der Waals surface area contributed by atoms with Gasteiger partial charge in [-0.2, -0.15) is 0 Å². The van der Waals surface area contributed by atoms with Gasteiger partial charge in [-0.1, -0.05) is 32.0 Å². The number of hydrogen-bond acceptors (Lipinski definition) is 3. The molecule has 1 amide bonds. The van der Waals surface area contributed by atoms with Crippen LogP contribution in [0.4, 0.5) is 11.4 Å². The van der Waals surface area contributed by atoms with E-state index in [9.17, 15) is 14.9 Å².